The van der Waals surface area contributed by atoms with Gasteiger partial charge in [0.2, 0.25) is 0 Å². The molecule has 1 unspecified atom stereocenters. The SMILES string of the molecule is CCCc1cccc(C2CCCCN2S(N)(=O)=O)n1. The van der Waals surface area contributed by atoms with E-state index in [4.69, 9.17) is 5.14 Å². The van der Waals surface area contributed by atoms with Crippen molar-refractivity contribution in [3.63, 3.8) is 0 Å². The monoisotopic (exact) mass is 283 g/mol. The summed E-state index contributed by atoms with van der Waals surface area (Å²) in [5, 5.41) is 5.31. The number of rotatable bonds is 4. The molecule has 1 aromatic heterocycles. The van der Waals surface area contributed by atoms with Crippen LogP contribution in [0.3, 0.4) is 0 Å². The van der Waals surface area contributed by atoms with Crippen molar-refractivity contribution in [1.29, 1.82) is 0 Å². The predicted molar refractivity (Wildman–Crippen MR) is 74.6 cm³/mol. The summed E-state index contributed by atoms with van der Waals surface area (Å²) in [5.41, 5.74) is 1.83. The molecule has 1 aliphatic heterocycles. The van der Waals surface area contributed by atoms with Crippen molar-refractivity contribution >= 4 is 10.2 Å². The molecular weight excluding hydrogens is 262 g/mol. The topological polar surface area (TPSA) is 76.3 Å². The van der Waals surface area contributed by atoms with Gasteiger partial charge in [0.05, 0.1) is 11.7 Å². The van der Waals surface area contributed by atoms with Crippen LogP contribution in [0.1, 0.15) is 50.0 Å². The van der Waals surface area contributed by atoms with Crippen LogP contribution in [0.5, 0.6) is 0 Å². The summed E-state index contributed by atoms with van der Waals surface area (Å²) < 4.78 is 24.7. The molecule has 0 saturated carbocycles. The van der Waals surface area contributed by atoms with Crippen molar-refractivity contribution in [2.75, 3.05) is 6.54 Å². The Hall–Kier alpha value is -0.980. The van der Waals surface area contributed by atoms with Crippen LogP contribution in [0.15, 0.2) is 18.2 Å². The lowest BCUT2D eigenvalue weighted by Crippen LogP contribution is -2.42. The van der Waals surface area contributed by atoms with Crippen molar-refractivity contribution in [1.82, 2.24) is 9.29 Å². The van der Waals surface area contributed by atoms with Crippen LogP contribution in [0.25, 0.3) is 0 Å². The number of aromatic nitrogens is 1. The molecule has 0 amide bonds. The van der Waals surface area contributed by atoms with Gasteiger partial charge in [0, 0.05) is 12.2 Å². The van der Waals surface area contributed by atoms with E-state index < -0.39 is 10.2 Å². The maximum atomic E-state index is 11.7. The third-order valence-corrected chi connectivity index (χ3v) is 4.55. The van der Waals surface area contributed by atoms with Crippen molar-refractivity contribution in [3.8, 4) is 0 Å². The van der Waals surface area contributed by atoms with Gasteiger partial charge in [0.15, 0.2) is 0 Å². The zero-order valence-electron chi connectivity index (χ0n) is 11.2. The molecule has 0 bridgehead atoms. The highest BCUT2D eigenvalue weighted by atomic mass is 32.2. The molecule has 1 aromatic rings. The van der Waals surface area contributed by atoms with Crippen molar-refractivity contribution in [2.24, 2.45) is 5.14 Å². The largest absolute Gasteiger partial charge is 0.277 e. The number of piperidine rings is 1. The zero-order valence-corrected chi connectivity index (χ0v) is 12.1. The van der Waals surface area contributed by atoms with Gasteiger partial charge >= 0.3 is 0 Å². The number of nitrogens with zero attached hydrogens (tertiary/aromatic N) is 2. The molecule has 1 atom stereocenters. The van der Waals surface area contributed by atoms with E-state index >= 15 is 0 Å². The van der Waals surface area contributed by atoms with Crippen LogP contribution in [-0.4, -0.2) is 24.3 Å². The van der Waals surface area contributed by atoms with Gasteiger partial charge in [-0.25, -0.2) is 5.14 Å². The van der Waals surface area contributed by atoms with Gasteiger partial charge in [-0.2, -0.15) is 12.7 Å². The summed E-state index contributed by atoms with van der Waals surface area (Å²) in [5.74, 6) is 0. The number of aryl methyl sites for hydroxylation is 1. The van der Waals surface area contributed by atoms with E-state index in [1.165, 1.54) is 4.31 Å². The molecule has 5 nitrogen and oxygen atoms in total. The van der Waals surface area contributed by atoms with Crippen LogP contribution in [0.4, 0.5) is 0 Å². The molecule has 1 saturated heterocycles. The summed E-state index contributed by atoms with van der Waals surface area (Å²) in [6.07, 6.45) is 4.60. The summed E-state index contributed by atoms with van der Waals surface area (Å²) in [7, 11) is -3.65. The van der Waals surface area contributed by atoms with Crippen molar-refractivity contribution < 1.29 is 8.42 Å². The van der Waals surface area contributed by atoms with Gasteiger partial charge in [-0.15, -0.1) is 0 Å². The van der Waals surface area contributed by atoms with Gasteiger partial charge in [-0.3, -0.25) is 4.98 Å². The minimum Gasteiger partial charge on any atom is -0.256 e. The van der Waals surface area contributed by atoms with E-state index in [2.05, 4.69) is 11.9 Å². The van der Waals surface area contributed by atoms with E-state index in [1.54, 1.807) is 0 Å². The molecule has 0 radical (unpaired) electrons. The molecule has 2 N–H and O–H groups in total. The standard InChI is InChI=1S/C13H21N3O2S/c1-2-6-11-7-5-8-12(15-11)13-9-3-4-10-16(13)19(14,17)18/h5,7-8,13H,2-4,6,9-10H2,1H3,(H2,14,17,18). The van der Waals surface area contributed by atoms with Crippen LogP contribution in [0, 0.1) is 0 Å². The van der Waals surface area contributed by atoms with Crippen LogP contribution in [-0.2, 0) is 16.6 Å². The normalized spacial score (nSPS) is 21.5. The highest BCUT2D eigenvalue weighted by Gasteiger charge is 2.31. The third-order valence-electron chi connectivity index (χ3n) is 3.46. The quantitative estimate of drug-likeness (QED) is 0.914. The number of hydrogen-bond acceptors (Lipinski definition) is 3. The minimum atomic E-state index is -3.65. The van der Waals surface area contributed by atoms with E-state index in [-0.39, 0.29) is 6.04 Å². The number of pyridine rings is 1. The third kappa shape index (κ3) is 3.52. The van der Waals surface area contributed by atoms with Crippen molar-refractivity contribution in [3.05, 3.63) is 29.6 Å². The smallest absolute Gasteiger partial charge is 0.256 e. The fourth-order valence-electron chi connectivity index (χ4n) is 2.58. The summed E-state index contributed by atoms with van der Waals surface area (Å²) in [6, 6.07) is 5.62. The maximum Gasteiger partial charge on any atom is 0.277 e. The minimum absolute atomic E-state index is 0.208. The molecule has 0 aromatic carbocycles. The van der Waals surface area contributed by atoms with Gasteiger partial charge in [0.25, 0.3) is 10.2 Å². The fourth-order valence-corrected chi connectivity index (χ4v) is 3.54. The van der Waals surface area contributed by atoms with Gasteiger partial charge in [-0.1, -0.05) is 25.8 Å². The highest BCUT2D eigenvalue weighted by molar-refractivity contribution is 7.86. The summed E-state index contributed by atoms with van der Waals surface area (Å²) >= 11 is 0. The lowest BCUT2D eigenvalue weighted by Gasteiger charge is -2.32. The van der Waals surface area contributed by atoms with Gasteiger partial charge in [0.1, 0.15) is 0 Å². The molecule has 0 spiro atoms. The molecule has 1 fully saturated rings. The van der Waals surface area contributed by atoms with Crippen LogP contribution < -0.4 is 5.14 Å². The lowest BCUT2D eigenvalue weighted by atomic mass is 10.0. The Labute approximate surface area is 115 Å². The Balaban J connectivity index is 2.29. The van der Waals surface area contributed by atoms with E-state index in [0.29, 0.717) is 6.54 Å². The zero-order chi connectivity index (χ0) is 13.9. The van der Waals surface area contributed by atoms with E-state index in [1.807, 2.05) is 18.2 Å². The lowest BCUT2D eigenvalue weighted by molar-refractivity contribution is 0.251. The molecule has 2 heterocycles. The Morgan fingerprint density at radius 2 is 2.21 bits per heavy atom. The van der Waals surface area contributed by atoms with E-state index in [9.17, 15) is 8.42 Å². The number of hydrogen-bond donors (Lipinski definition) is 1. The van der Waals surface area contributed by atoms with Crippen LogP contribution in [0.2, 0.25) is 0 Å². The molecule has 106 valence electrons. The maximum absolute atomic E-state index is 11.7. The Morgan fingerprint density at radius 3 is 2.89 bits per heavy atom. The van der Waals surface area contributed by atoms with Crippen LogP contribution >= 0.6 is 0 Å². The fraction of sp³-hybridized carbons (Fsp3) is 0.615. The van der Waals surface area contributed by atoms with Gasteiger partial charge in [-0.05, 0) is 31.4 Å². The van der Waals surface area contributed by atoms with E-state index in [0.717, 1.165) is 43.5 Å². The number of nitrogens with two attached hydrogens (primary N) is 1. The Kier molecular flexibility index (Phi) is 4.54. The Morgan fingerprint density at radius 1 is 1.42 bits per heavy atom. The molecular formula is C13H21N3O2S. The first kappa shape index (κ1) is 14.4. The predicted octanol–water partition coefficient (Wildman–Crippen LogP) is 1.76. The second-order valence-electron chi connectivity index (χ2n) is 4.97. The first-order valence-corrected chi connectivity index (χ1v) is 8.28. The second kappa shape index (κ2) is 5.98. The summed E-state index contributed by atoms with van der Waals surface area (Å²) in [4.78, 5) is 4.59. The average molecular weight is 283 g/mol. The van der Waals surface area contributed by atoms with Gasteiger partial charge < -0.3 is 0 Å². The molecule has 1 aliphatic rings. The molecule has 2 rings (SSSR count). The van der Waals surface area contributed by atoms with Crippen molar-refractivity contribution in [2.45, 2.75) is 45.1 Å². The molecule has 0 aliphatic carbocycles. The molecule has 6 heteroatoms. The summed E-state index contributed by atoms with van der Waals surface area (Å²) in [6.45, 7) is 2.59. The highest BCUT2D eigenvalue weighted by Crippen LogP contribution is 2.31. The first-order valence-electron chi connectivity index (χ1n) is 6.77. The second-order valence-corrected chi connectivity index (χ2v) is 6.47. The molecule has 19 heavy (non-hydrogen) atoms. The Bertz CT molecular complexity index is 530. The first-order chi connectivity index (χ1) is 9.02. The average Bonchev–Trinajstić information content (AvgIpc) is 2.38.